The van der Waals surface area contributed by atoms with Crippen molar-refractivity contribution in [3.63, 3.8) is 0 Å². The Balaban J connectivity index is 1.54. The number of aromatic nitrogens is 2. The summed E-state index contributed by atoms with van der Waals surface area (Å²) in [4.78, 5) is 17.5. The molecule has 0 aliphatic heterocycles. The number of amides is 1. The summed E-state index contributed by atoms with van der Waals surface area (Å²) >= 11 is 1.68. The quantitative estimate of drug-likeness (QED) is 0.743. The summed E-state index contributed by atoms with van der Waals surface area (Å²) in [7, 11) is 0. The predicted octanol–water partition coefficient (Wildman–Crippen LogP) is 3.66. The highest BCUT2D eigenvalue weighted by Gasteiger charge is 2.11. The van der Waals surface area contributed by atoms with E-state index in [0.717, 1.165) is 28.1 Å². The van der Waals surface area contributed by atoms with Crippen molar-refractivity contribution in [2.24, 2.45) is 0 Å². The largest absolute Gasteiger partial charge is 0.361 e. The van der Waals surface area contributed by atoms with Crippen molar-refractivity contribution in [3.8, 4) is 10.4 Å². The minimum Gasteiger partial charge on any atom is -0.361 e. The van der Waals surface area contributed by atoms with Crippen LogP contribution in [0.1, 0.15) is 29.0 Å². The van der Waals surface area contributed by atoms with Gasteiger partial charge in [-0.2, -0.15) is 0 Å². The Morgan fingerprint density at radius 2 is 2.21 bits per heavy atom. The fourth-order valence-electron chi connectivity index (χ4n) is 2.55. The number of aryl methyl sites for hydroxylation is 2. The summed E-state index contributed by atoms with van der Waals surface area (Å²) < 4.78 is 5.12. The third-order valence-electron chi connectivity index (χ3n) is 3.87. The molecule has 124 valence electrons. The number of thiophene rings is 1. The summed E-state index contributed by atoms with van der Waals surface area (Å²) in [6, 6.07) is 6.14. The number of nitrogens with one attached hydrogen (secondary N) is 1. The number of hydrogen-bond acceptors (Lipinski definition) is 5. The third kappa shape index (κ3) is 3.89. The van der Waals surface area contributed by atoms with Gasteiger partial charge >= 0.3 is 0 Å². The Kier molecular flexibility index (Phi) is 5.05. The molecule has 0 fully saturated rings. The van der Waals surface area contributed by atoms with Crippen molar-refractivity contribution >= 4 is 17.2 Å². The van der Waals surface area contributed by atoms with Crippen LogP contribution in [0.2, 0.25) is 0 Å². The van der Waals surface area contributed by atoms with Crippen molar-refractivity contribution in [1.82, 2.24) is 15.5 Å². The van der Waals surface area contributed by atoms with Crippen LogP contribution in [0.25, 0.3) is 10.4 Å². The van der Waals surface area contributed by atoms with Crippen molar-refractivity contribution in [3.05, 3.63) is 58.6 Å². The van der Waals surface area contributed by atoms with Crippen LogP contribution in [-0.2, 0) is 17.8 Å². The maximum atomic E-state index is 12.1. The lowest BCUT2D eigenvalue weighted by Gasteiger charge is -2.06. The second kappa shape index (κ2) is 7.40. The molecule has 0 aliphatic rings. The third-order valence-corrected chi connectivity index (χ3v) is 4.79. The summed E-state index contributed by atoms with van der Waals surface area (Å²) in [5, 5.41) is 8.89. The number of carbonyl (C=O) groups is 1. The normalized spacial score (nSPS) is 10.8. The number of nitrogens with zero attached hydrogens (tertiary/aromatic N) is 2. The summed E-state index contributed by atoms with van der Waals surface area (Å²) in [5.41, 5.74) is 3.94. The van der Waals surface area contributed by atoms with E-state index in [4.69, 9.17) is 4.52 Å². The topological polar surface area (TPSA) is 68.0 Å². The Morgan fingerprint density at radius 1 is 1.33 bits per heavy atom. The van der Waals surface area contributed by atoms with Gasteiger partial charge in [0.25, 0.3) is 0 Å². The first-order chi connectivity index (χ1) is 11.6. The van der Waals surface area contributed by atoms with Crippen LogP contribution in [0, 0.1) is 13.8 Å². The van der Waals surface area contributed by atoms with E-state index < -0.39 is 0 Å². The highest BCUT2D eigenvalue weighted by molar-refractivity contribution is 7.13. The predicted molar refractivity (Wildman–Crippen MR) is 93.7 cm³/mol. The minimum absolute atomic E-state index is 0.0107. The van der Waals surface area contributed by atoms with Crippen molar-refractivity contribution in [2.45, 2.75) is 33.2 Å². The van der Waals surface area contributed by atoms with E-state index in [1.165, 1.54) is 4.88 Å². The van der Waals surface area contributed by atoms with E-state index in [1.54, 1.807) is 17.5 Å². The Bertz CT molecular complexity index is 805. The molecule has 3 heterocycles. The van der Waals surface area contributed by atoms with Gasteiger partial charge in [-0.3, -0.25) is 9.78 Å². The van der Waals surface area contributed by atoms with E-state index in [2.05, 4.69) is 27.6 Å². The summed E-state index contributed by atoms with van der Waals surface area (Å²) in [6.07, 6.45) is 4.68. The number of hydrogen-bond donors (Lipinski definition) is 1. The lowest BCUT2D eigenvalue weighted by molar-refractivity contribution is -0.121. The average molecular weight is 341 g/mol. The molecule has 0 unspecified atom stereocenters. The Labute approximate surface area is 144 Å². The molecule has 3 aromatic heterocycles. The van der Waals surface area contributed by atoms with Crippen LogP contribution in [0.4, 0.5) is 0 Å². The van der Waals surface area contributed by atoms with Gasteiger partial charge in [0, 0.05) is 41.4 Å². The van der Waals surface area contributed by atoms with Crippen LogP contribution in [-0.4, -0.2) is 16.0 Å². The van der Waals surface area contributed by atoms with Gasteiger partial charge in [0.1, 0.15) is 5.76 Å². The molecule has 3 aromatic rings. The minimum atomic E-state index is 0.0107. The highest BCUT2D eigenvalue weighted by Crippen LogP contribution is 2.24. The van der Waals surface area contributed by atoms with E-state index >= 15 is 0 Å². The molecule has 0 aliphatic carbocycles. The van der Waals surface area contributed by atoms with Gasteiger partial charge in [-0.1, -0.05) is 11.2 Å². The molecule has 1 amide bonds. The molecule has 3 rings (SSSR count). The maximum Gasteiger partial charge on any atom is 0.220 e. The number of carbonyl (C=O) groups excluding carboxylic acids is 1. The van der Waals surface area contributed by atoms with Crippen LogP contribution in [0.5, 0.6) is 0 Å². The van der Waals surface area contributed by atoms with Crippen LogP contribution in [0.15, 0.2) is 40.5 Å². The number of pyridine rings is 1. The molecular formula is C18H19N3O2S. The summed E-state index contributed by atoms with van der Waals surface area (Å²) in [5.74, 6) is 0.796. The van der Waals surface area contributed by atoms with Crippen LogP contribution >= 0.6 is 11.3 Å². The van der Waals surface area contributed by atoms with E-state index in [9.17, 15) is 4.79 Å². The molecule has 0 saturated heterocycles. The van der Waals surface area contributed by atoms with Gasteiger partial charge < -0.3 is 9.84 Å². The standard InChI is InChI=1S/C18H19N3O2S/c1-12-16(13(2)23-21-12)5-6-18(22)20-10-14-8-15(11-19-9-14)17-4-3-7-24-17/h3-4,7-9,11H,5-6,10H2,1-2H3,(H,20,22). The molecule has 0 spiro atoms. The van der Waals surface area contributed by atoms with Crippen molar-refractivity contribution in [1.29, 1.82) is 0 Å². The van der Waals surface area contributed by atoms with E-state index in [0.29, 0.717) is 19.4 Å². The number of rotatable bonds is 6. The Hall–Kier alpha value is -2.47. The molecular weight excluding hydrogens is 322 g/mol. The first-order valence-corrected chi connectivity index (χ1v) is 8.67. The fourth-order valence-corrected chi connectivity index (χ4v) is 3.26. The van der Waals surface area contributed by atoms with E-state index in [1.807, 2.05) is 31.5 Å². The molecule has 0 bridgehead atoms. The zero-order chi connectivity index (χ0) is 16.9. The SMILES string of the molecule is Cc1noc(C)c1CCC(=O)NCc1cncc(-c2cccs2)c1. The second-order valence-electron chi connectivity index (χ2n) is 5.64. The molecule has 5 nitrogen and oxygen atoms in total. The molecule has 24 heavy (non-hydrogen) atoms. The first kappa shape index (κ1) is 16.4. The highest BCUT2D eigenvalue weighted by atomic mass is 32.1. The van der Waals surface area contributed by atoms with Gasteiger partial charge in [-0.25, -0.2) is 0 Å². The molecule has 0 aromatic carbocycles. The monoisotopic (exact) mass is 341 g/mol. The molecule has 0 radical (unpaired) electrons. The zero-order valence-corrected chi connectivity index (χ0v) is 14.5. The van der Waals surface area contributed by atoms with Crippen LogP contribution in [0.3, 0.4) is 0 Å². The second-order valence-corrected chi connectivity index (χ2v) is 6.59. The van der Waals surface area contributed by atoms with Crippen molar-refractivity contribution < 1.29 is 9.32 Å². The Morgan fingerprint density at radius 3 is 2.92 bits per heavy atom. The van der Waals surface area contributed by atoms with Crippen LogP contribution < -0.4 is 5.32 Å². The van der Waals surface area contributed by atoms with Gasteiger partial charge in [-0.15, -0.1) is 11.3 Å². The zero-order valence-electron chi connectivity index (χ0n) is 13.7. The lowest BCUT2D eigenvalue weighted by Crippen LogP contribution is -2.23. The van der Waals surface area contributed by atoms with Gasteiger partial charge in [0.2, 0.25) is 5.91 Å². The van der Waals surface area contributed by atoms with Gasteiger partial charge in [0.05, 0.1) is 5.69 Å². The van der Waals surface area contributed by atoms with Crippen molar-refractivity contribution in [2.75, 3.05) is 0 Å². The first-order valence-electron chi connectivity index (χ1n) is 7.79. The van der Waals surface area contributed by atoms with E-state index in [-0.39, 0.29) is 5.91 Å². The lowest BCUT2D eigenvalue weighted by atomic mass is 10.1. The molecule has 6 heteroatoms. The molecule has 1 N–H and O–H groups in total. The molecule has 0 saturated carbocycles. The fraction of sp³-hybridized carbons (Fsp3) is 0.278. The molecule has 0 atom stereocenters. The average Bonchev–Trinajstić information content (AvgIpc) is 3.22. The van der Waals surface area contributed by atoms with Gasteiger partial charge in [-0.05, 0) is 43.3 Å². The summed E-state index contributed by atoms with van der Waals surface area (Å²) in [6.45, 7) is 4.24. The smallest absolute Gasteiger partial charge is 0.220 e. The maximum absolute atomic E-state index is 12.1. The van der Waals surface area contributed by atoms with Gasteiger partial charge in [0.15, 0.2) is 0 Å².